The Morgan fingerprint density at radius 2 is 1.82 bits per heavy atom. The van der Waals surface area contributed by atoms with Gasteiger partial charge in [0.25, 0.3) is 0 Å². The molecule has 1 saturated carbocycles. The van der Waals surface area contributed by atoms with Crippen molar-refractivity contribution in [3.63, 3.8) is 0 Å². The minimum atomic E-state index is -3.69. The number of phenolic OH excluding ortho intramolecular Hbond substituents is 1. The summed E-state index contributed by atoms with van der Waals surface area (Å²) in [6, 6.07) is 12.0. The van der Waals surface area contributed by atoms with Crippen LogP contribution in [0.25, 0.3) is 0 Å². The number of rotatable bonds is 10. The summed E-state index contributed by atoms with van der Waals surface area (Å²) >= 11 is 0. The van der Waals surface area contributed by atoms with Gasteiger partial charge in [0.15, 0.2) is 0 Å². The maximum Gasteiger partial charge on any atom is 0.243 e. The molecular formula is C28H38ClN5O5S. The number of carbonyl (C=O) groups is 2. The van der Waals surface area contributed by atoms with Crippen LogP contribution in [-0.2, 0) is 32.6 Å². The number of hydrogen-bond donors (Lipinski definition) is 5. The second-order valence-corrected chi connectivity index (χ2v) is 12.4. The number of sulfonamides is 1. The van der Waals surface area contributed by atoms with E-state index in [1.165, 1.54) is 19.1 Å². The Hall–Kier alpha value is -3.15. The molecule has 1 saturated heterocycles. The van der Waals surface area contributed by atoms with Gasteiger partial charge in [-0.05, 0) is 61.8 Å². The number of amides is 2. The number of aromatic hydroxyl groups is 1. The van der Waals surface area contributed by atoms with E-state index < -0.39 is 22.1 Å². The van der Waals surface area contributed by atoms with Gasteiger partial charge >= 0.3 is 0 Å². The number of halogens is 1. The van der Waals surface area contributed by atoms with Crippen molar-refractivity contribution in [2.24, 2.45) is 11.7 Å². The quantitative estimate of drug-likeness (QED) is 0.210. The fourth-order valence-electron chi connectivity index (χ4n) is 5.74. The average Bonchev–Trinajstić information content (AvgIpc) is 3.31. The number of amidine groups is 1. The second-order valence-electron chi connectivity index (χ2n) is 10.4. The smallest absolute Gasteiger partial charge is 0.243 e. The molecule has 1 heterocycles. The standard InChI is InChI=1S/C28H37N5O5S.ClH/c1-2-39(37,38)32-22(14-18-8-4-3-5-9-18)28(36)33-23-11-7-6-10-20(23)16-24(33)27(35)31-17-19-12-13-21(26(29)30)25(34)15-19;/h3-5,8-9,12-13,15,20,22-24,32,34H,2,6-7,10-11,14,16-17H2,1H3,(H3,29,30)(H,31,35);1H/t20-,22+,23-,24-;/m0./s1. The lowest BCUT2D eigenvalue weighted by atomic mass is 9.84. The average molecular weight is 592 g/mol. The molecule has 12 heteroatoms. The molecule has 2 amide bonds. The van der Waals surface area contributed by atoms with Crippen LogP contribution in [0.2, 0.25) is 0 Å². The normalized spacial score (nSPS) is 21.1. The Kier molecular flexibility index (Phi) is 10.6. The Morgan fingerprint density at radius 3 is 2.48 bits per heavy atom. The molecule has 2 fully saturated rings. The zero-order valence-corrected chi connectivity index (χ0v) is 24.1. The summed E-state index contributed by atoms with van der Waals surface area (Å²) in [7, 11) is -3.69. The molecule has 0 spiro atoms. The number of nitrogens with one attached hydrogen (secondary N) is 3. The van der Waals surface area contributed by atoms with E-state index >= 15 is 0 Å². The number of nitrogens with zero attached hydrogens (tertiary/aromatic N) is 1. The molecule has 4 atom stereocenters. The van der Waals surface area contributed by atoms with E-state index in [4.69, 9.17) is 11.1 Å². The van der Waals surface area contributed by atoms with Crippen molar-refractivity contribution in [3.8, 4) is 5.75 Å². The van der Waals surface area contributed by atoms with E-state index in [9.17, 15) is 23.1 Å². The fraction of sp³-hybridized carbons (Fsp3) is 0.464. The van der Waals surface area contributed by atoms with Gasteiger partial charge in [0, 0.05) is 12.6 Å². The zero-order valence-electron chi connectivity index (χ0n) is 22.5. The van der Waals surface area contributed by atoms with E-state index in [1.807, 2.05) is 30.3 Å². The molecular weight excluding hydrogens is 554 g/mol. The van der Waals surface area contributed by atoms with E-state index in [1.54, 1.807) is 11.0 Å². The molecule has 2 aromatic rings. The maximum atomic E-state index is 14.1. The summed E-state index contributed by atoms with van der Waals surface area (Å²) < 4.78 is 27.7. The highest BCUT2D eigenvalue weighted by Gasteiger charge is 2.49. The lowest BCUT2D eigenvalue weighted by molar-refractivity contribution is -0.142. The van der Waals surface area contributed by atoms with Crippen LogP contribution in [-0.4, -0.2) is 60.0 Å². The first-order valence-corrected chi connectivity index (χ1v) is 15.0. The van der Waals surface area contributed by atoms with Crippen LogP contribution >= 0.6 is 12.4 Å². The predicted molar refractivity (Wildman–Crippen MR) is 156 cm³/mol. The van der Waals surface area contributed by atoms with Crippen LogP contribution in [0.5, 0.6) is 5.75 Å². The topological polar surface area (TPSA) is 166 Å². The number of nitrogens with two attached hydrogens (primary N) is 1. The Labute approximate surface area is 241 Å². The van der Waals surface area contributed by atoms with Crippen LogP contribution in [0.4, 0.5) is 0 Å². The summed E-state index contributed by atoms with van der Waals surface area (Å²) in [6.07, 6.45) is 4.39. The Balaban J connectivity index is 0.00000441. The molecule has 10 nitrogen and oxygen atoms in total. The van der Waals surface area contributed by atoms with E-state index in [-0.39, 0.29) is 72.0 Å². The van der Waals surface area contributed by atoms with Crippen molar-refractivity contribution in [1.29, 1.82) is 5.41 Å². The molecule has 0 radical (unpaired) electrons. The van der Waals surface area contributed by atoms with Crippen molar-refractivity contribution < 1.29 is 23.1 Å². The van der Waals surface area contributed by atoms with Crippen molar-refractivity contribution >= 4 is 40.1 Å². The van der Waals surface area contributed by atoms with E-state index in [0.29, 0.717) is 12.0 Å². The third-order valence-corrected chi connectivity index (χ3v) is 9.15. The summed E-state index contributed by atoms with van der Waals surface area (Å²) in [5.41, 5.74) is 7.12. The van der Waals surface area contributed by atoms with Crippen LogP contribution in [0, 0.1) is 11.3 Å². The Bertz CT molecular complexity index is 1320. The third kappa shape index (κ3) is 7.32. The SMILES string of the molecule is CCS(=O)(=O)N[C@H](Cc1ccccc1)C(=O)N1[C@H](C(=O)NCc2ccc(C(=N)N)c(O)c2)C[C@@H]2CCCC[C@@H]21.Cl. The number of carbonyl (C=O) groups excluding carboxylic acids is 2. The third-order valence-electron chi connectivity index (χ3n) is 7.75. The van der Waals surface area contributed by atoms with Crippen molar-refractivity contribution in [1.82, 2.24) is 14.9 Å². The number of likely N-dealkylation sites (tertiary alicyclic amines) is 1. The van der Waals surface area contributed by atoms with Gasteiger partial charge < -0.3 is 21.1 Å². The van der Waals surface area contributed by atoms with Crippen LogP contribution in [0.3, 0.4) is 0 Å². The van der Waals surface area contributed by atoms with Gasteiger partial charge in [0.05, 0.1) is 11.3 Å². The van der Waals surface area contributed by atoms with Gasteiger partial charge in [0.1, 0.15) is 23.7 Å². The van der Waals surface area contributed by atoms with E-state index in [2.05, 4.69) is 10.0 Å². The summed E-state index contributed by atoms with van der Waals surface area (Å²) in [6.45, 7) is 1.64. The number of nitrogen functional groups attached to an aromatic ring is 1. The molecule has 40 heavy (non-hydrogen) atoms. The molecule has 0 bridgehead atoms. The van der Waals surface area contributed by atoms with Crippen molar-refractivity contribution in [2.45, 2.75) is 70.1 Å². The lowest BCUT2D eigenvalue weighted by Gasteiger charge is -2.36. The van der Waals surface area contributed by atoms with Crippen LogP contribution in [0.15, 0.2) is 48.5 Å². The molecule has 218 valence electrons. The highest BCUT2D eigenvalue weighted by atomic mass is 35.5. The zero-order chi connectivity index (χ0) is 28.2. The highest BCUT2D eigenvalue weighted by molar-refractivity contribution is 7.89. The predicted octanol–water partition coefficient (Wildman–Crippen LogP) is 2.42. The molecule has 0 aromatic heterocycles. The van der Waals surface area contributed by atoms with Crippen LogP contribution in [0.1, 0.15) is 55.7 Å². The summed E-state index contributed by atoms with van der Waals surface area (Å²) in [5.74, 6) is -1.08. The van der Waals surface area contributed by atoms with Crippen molar-refractivity contribution in [2.75, 3.05) is 5.75 Å². The minimum Gasteiger partial charge on any atom is -0.507 e. The van der Waals surface area contributed by atoms with Gasteiger partial charge in [0.2, 0.25) is 21.8 Å². The molecule has 2 aromatic carbocycles. The van der Waals surface area contributed by atoms with Gasteiger partial charge in [-0.15, -0.1) is 12.4 Å². The number of fused-ring (bicyclic) bond motifs is 1. The highest BCUT2D eigenvalue weighted by Crippen LogP contribution is 2.40. The van der Waals surface area contributed by atoms with Gasteiger partial charge in [-0.25, -0.2) is 13.1 Å². The number of hydrogen-bond acceptors (Lipinski definition) is 6. The lowest BCUT2D eigenvalue weighted by Crippen LogP contribution is -2.57. The van der Waals surface area contributed by atoms with Gasteiger partial charge in [-0.1, -0.05) is 49.2 Å². The first-order chi connectivity index (χ1) is 18.6. The first-order valence-electron chi connectivity index (χ1n) is 13.4. The summed E-state index contributed by atoms with van der Waals surface area (Å²) in [5, 5.41) is 20.6. The molecule has 4 rings (SSSR count). The minimum absolute atomic E-state index is 0. The monoisotopic (exact) mass is 591 g/mol. The largest absolute Gasteiger partial charge is 0.507 e. The Morgan fingerprint density at radius 1 is 1.12 bits per heavy atom. The maximum absolute atomic E-state index is 14.1. The molecule has 0 unspecified atom stereocenters. The summed E-state index contributed by atoms with van der Waals surface area (Å²) in [4.78, 5) is 29.2. The molecule has 1 aliphatic carbocycles. The molecule has 2 aliphatic rings. The van der Waals surface area contributed by atoms with Crippen LogP contribution < -0.4 is 15.8 Å². The first kappa shape index (κ1) is 31.4. The van der Waals surface area contributed by atoms with Gasteiger partial charge in [-0.3, -0.25) is 15.0 Å². The van der Waals surface area contributed by atoms with Crippen molar-refractivity contribution in [3.05, 3.63) is 65.2 Å². The fourth-order valence-corrected chi connectivity index (χ4v) is 6.53. The van der Waals surface area contributed by atoms with E-state index in [0.717, 1.165) is 31.2 Å². The number of benzene rings is 2. The second kappa shape index (κ2) is 13.5. The number of phenols is 1. The molecule has 6 N–H and O–H groups in total. The molecule has 1 aliphatic heterocycles. The van der Waals surface area contributed by atoms with Gasteiger partial charge in [-0.2, -0.15) is 0 Å².